The van der Waals surface area contributed by atoms with E-state index in [1.807, 2.05) is 0 Å². The number of aromatic amines is 1. The van der Waals surface area contributed by atoms with E-state index < -0.39 is 24.6 Å². The highest BCUT2D eigenvalue weighted by Gasteiger charge is 2.33. The van der Waals surface area contributed by atoms with Gasteiger partial charge in [0, 0.05) is 30.1 Å². The lowest BCUT2D eigenvalue weighted by molar-refractivity contribution is -0.0529. The molecule has 1 aliphatic rings. The van der Waals surface area contributed by atoms with E-state index in [4.69, 9.17) is 16.3 Å². The van der Waals surface area contributed by atoms with Gasteiger partial charge in [-0.3, -0.25) is 0 Å². The SMILES string of the molecule is FC(F)Oc1nnc(Cl)cc1-c1c(-c2c(C(F)F)nn3c2OCCC3)[nH]c2ncccc12. The number of hydrogen-bond donors (Lipinski definition) is 1. The third-order valence-corrected chi connectivity index (χ3v) is 5.10. The van der Waals surface area contributed by atoms with E-state index in [0.717, 1.165) is 0 Å². The van der Waals surface area contributed by atoms with Crippen molar-refractivity contribution in [1.82, 2.24) is 29.9 Å². The Morgan fingerprint density at radius 3 is 2.81 bits per heavy atom. The summed E-state index contributed by atoms with van der Waals surface area (Å²) < 4.78 is 65.6. The average Bonchev–Trinajstić information content (AvgIpc) is 3.33. The lowest BCUT2D eigenvalue weighted by Gasteiger charge is -2.16. The fraction of sp³-hybridized carbons (Fsp3) is 0.263. The molecule has 166 valence electrons. The van der Waals surface area contributed by atoms with Gasteiger partial charge in [0.25, 0.3) is 6.43 Å². The van der Waals surface area contributed by atoms with Crippen LogP contribution >= 0.6 is 11.6 Å². The van der Waals surface area contributed by atoms with Crippen LogP contribution < -0.4 is 9.47 Å². The first-order valence-corrected chi connectivity index (χ1v) is 9.79. The molecule has 4 aromatic heterocycles. The van der Waals surface area contributed by atoms with Crippen LogP contribution in [0.4, 0.5) is 17.6 Å². The molecule has 0 aromatic carbocycles. The quantitative estimate of drug-likeness (QED) is 0.421. The van der Waals surface area contributed by atoms with E-state index in [1.165, 1.54) is 16.9 Å². The molecule has 0 saturated carbocycles. The minimum atomic E-state index is -3.19. The Bertz CT molecular complexity index is 1310. The number of H-pyrrole nitrogens is 1. The number of rotatable bonds is 5. The number of alkyl halides is 4. The molecule has 4 aromatic rings. The van der Waals surface area contributed by atoms with E-state index >= 15 is 0 Å². The molecule has 0 unspecified atom stereocenters. The van der Waals surface area contributed by atoms with Gasteiger partial charge in [0.1, 0.15) is 11.3 Å². The molecule has 5 heterocycles. The summed E-state index contributed by atoms with van der Waals surface area (Å²) in [5.74, 6) is -0.375. The summed E-state index contributed by atoms with van der Waals surface area (Å²) in [5.41, 5.74) is 0.204. The standard InChI is InChI=1S/C19H13ClF4N6O2/c20-10-7-9(17(28-27-10)32-19(23)24)11-8-3-1-4-25-16(8)26-13(11)12-14(15(21)22)29-30-5-2-6-31-18(12)30/h1,3-4,7,15,19H,2,5-6H2,(H,25,26). The van der Waals surface area contributed by atoms with Crippen molar-refractivity contribution in [1.29, 1.82) is 0 Å². The van der Waals surface area contributed by atoms with Crippen molar-refractivity contribution in [2.75, 3.05) is 6.61 Å². The Morgan fingerprint density at radius 1 is 1.19 bits per heavy atom. The van der Waals surface area contributed by atoms with Gasteiger partial charge >= 0.3 is 6.61 Å². The normalized spacial score (nSPS) is 13.6. The zero-order valence-corrected chi connectivity index (χ0v) is 16.8. The first kappa shape index (κ1) is 20.5. The minimum absolute atomic E-state index is 0.00336. The molecule has 0 spiro atoms. The number of aromatic nitrogens is 6. The Hall–Kier alpha value is -3.41. The van der Waals surface area contributed by atoms with E-state index in [1.54, 1.807) is 12.1 Å². The molecular formula is C19H13ClF4N6O2. The van der Waals surface area contributed by atoms with Gasteiger partial charge in [-0.1, -0.05) is 11.6 Å². The number of halogens is 5. The summed E-state index contributed by atoms with van der Waals surface area (Å²) in [7, 11) is 0. The van der Waals surface area contributed by atoms with Gasteiger partial charge in [-0.15, -0.1) is 10.2 Å². The van der Waals surface area contributed by atoms with Crippen molar-refractivity contribution >= 4 is 22.6 Å². The number of fused-ring (bicyclic) bond motifs is 2. The number of pyridine rings is 1. The van der Waals surface area contributed by atoms with Crippen LogP contribution in [0.25, 0.3) is 33.4 Å². The lowest BCUT2D eigenvalue weighted by Crippen LogP contribution is -2.15. The summed E-state index contributed by atoms with van der Waals surface area (Å²) in [6.07, 6.45) is -0.817. The molecule has 0 amide bonds. The fourth-order valence-electron chi connectivity index (χ4n) is 3.73. The summed E-state index contributed by atoms with van der Waals surface area (Å²) in [6, 6.07) is 4.53. The van der Waals surface area contributed by atoms with Crippen molar-refractivity contribution in [3.05, 3.63) is 35.2 Å². The second-order valence-electron chi connectivity index (χ2n) is 6.83. The molecule has 0 aliphatic carbocycles. The molecule has 32 heavy (non-hydrogen) atoms. The molecule has 1 aliphatic heterocycles. The summed E-state index contributed by atoms with van der Waals surface area (Å²) >= 11 is 5.99. The van der Waals surface area contributed by atoms with Crippen LogP contribution in [0.1, 0.15) is 18.5 Å². The van der Waals surface area contributed by atoms with Crippen LogP contribution in [0.5, 0.6) is 11.8 Å². The van der Waals surface area contributed by atoms with Gasteiger partial charge in [-0.2, -0.15) is 13.9 Å². The van der Waals surface area contributed by atoms with Crippen molar-refractivity contribution in [3.8, 4) is 34.1 Å². The Morgan fingerprint density at radius 2 is 2.03 bits per heavy atom. The van der Waals surface area contributed by atoms with Crippen molar-refractivity contribution in [2.24, 2.45) is 0 Å². The number of ether oxygens (including phenoxy) is 2. The molecule has 0 fully saturated rings. The van der Waals surface area contributed by atoms with E-state index in [9.17, 15) is 17.6 Å². The molecule has 13 heteroatoms. The largest absolute Gasteiger partial charge is 0.477 e. The highest BCUT2D eigenvalue weighted by atomic mass is 35.5. The number of nitrogens with one attached hydrogen (secondary N) is 1. The van der Waals surface area contributed by atoms with Crippen LogP contribution in [0, 0.1) is 0 Å². The fourth-order valence-corrected chi connectivity index (χ4v) is 3.88. The zero-order chi connectivity index (χ0) is 22.4. The lowest BCUT2D eigenvalue weighted by atomic mass is 10.00. The van der Waals surface area contributed by atoms with E-state index in [0.29, 0.717) is 30.6 Å². The Kier molecular flexibility index (Phi) is 5.08. The minimum Gasteiger partial charge on any atom is -0.477 e. The summed E-state index contributed by atoms with van der Waals surface area (Å²) in [4.78, 5) is 7.23. The number of nitrogens with zero attached hydrogens (tertiary/aromatic N) is 5. The van der Waals surface area contributed by atoms with Gasteiger partial charge in [-0.25, -0.2) is 18.4 Å². The predicted molar refractivity (Wildman–Crippen MR) is 105 cm³/mol. The van der Waals surface area contributed by atoms with Crippen molar-refractivity contribution < 1.29 is 27.0 Å². The number of aryl methyl sites for hydroxylation is 1. The predicted octanol–water partition coefficient (Wildman–Crippen LogP) is 4.86. The molecule has 8 nitrogen and oxygen atoms in total. The van der Waals surface area contributed by atoms with Crippen LogP contribution in [0.3, 0.4) is 0 Å². The smallest absolute Gasteiger partial charge is 0.388 e. The van der Waals surface area contributed by atoms with Crippen LogP contribution in [0.15, 0.2) is 24.4 Å². The molecule has 0 radical (unpaired) electrons. The van der Waals surface area contributed by atoms with Crippen molar-refractivity contribution in [2.45, 2.75) is 26.0 Å². The monoisotopic (exact) mass is 468 g/mol. The third kappa shape index (κ3) is 3.40. The van der Waals surface area contributed by atoms with Crippen LogP contribution in [0.2, 0.25) is 5.15 Å². The first-order valence-electron chi connectivity index (χ1n) is 9.41. The van der Waals surface area contributed by atoms with Crippen LogP contribution in [-0.2, 0) is 6.54 Å². The maximum absolute atomic E-state index is 14.0. The van der Waals surface area contributed by atoms with Gasteiger partial charge in [-0.05, 0) is 18.2 Å². The Balaban J connectivity index is 1.85. The maximum Gasteiger partial charge on any atom is 0.388 e. The van der Waals surface area contributed by atoms with Crippen molar-refractivity contribution in [3.63, 3.8) is 0 Å². The highest BCUT2D eigenvalue weighted by Crippen LogP contribution is 2.47. The molecule has 5 rings (SSSR count). The van der Waals surface area contributed by atoms with E-state index in [-0.39, 0.29) is 33.4 Å². The van der Waals surface area contributed by atoms with Crippen LogP contribution in [-0.4, -0.2) is 43.2 Å². The topological polar surface area (TPSA) is 90.7 Å². The molecular weight excluding hydrogens is 456 g/mol. The first-order chi connectivity index (χ1) is 15.4. The van der Waals surface area contributed by atoms with Gasteiger partial charge in [0.05, 0.1) is 23.4 Å². The average molecular weight is 469 g/mol. The van der Waals surface area contributed by atoms with Gasteiger partial charge < -0.3 is 14.5 Å². The number of hydrogen-bond acceptors (Lipinski definition) is 6. The summed E-state index contributed by atoms with van der Waals surface area (Å²) in [6.45, 7) is -2.48. The second kappa shape index (κ2) is 7.93. The third-order valence-electron chi connectivity index (χ3n) is 4.91. The molecule has 0 atom stereocenters. The van der Waals surface area contributed by atoms with Gasteiger partial charge in [0.15, 0.2) is 5.15 Å². The maximum atomic E-state index is 14.0. The second-order valence-corrected chi connectivity index (χ2v) is 7.22. The molecule has 0 saturated heterocycles. The highest BCUT2D eigenvalue weighted by molar-refractivity contribution is 6.29. The van der Waals surface area contributed by atoms with E-state index in [2.05, 4.69) is 30.0 Å². The zero-order valence-electron chi connectivity index (χ0n) is 16.0. The summed E-state index contributed by atoms with van der Waals surface area (Å²) in [5, 5.41) is 11.5. The molecule has 0 bridgehead atoms. The molecule has 1 N–H and O–H groups in total. The Labute approximate surface area is 182 Å². The van der Waals surface area contributed by atoms with Gasteiger partial charge in [0.2, 0.25) is 11.8 Å².